The summed E-state index contributed by atoms with van der Waals surface area (Å²) in [5, 5.41) is 0. The van der Waals surface area contributed by atoms with Gasteiger partial charge in [0.25, 0.3) is 0 Å². The van der Waals surface area contributed by atoms with Crippen LogP contribution >= 0.6 is 0 Å². The average molecular weight is 672 g/mol. The fourth-order valence-electron chi connectivity index (χ4n) is 4.58. The zero-order valence-corrected chi connectivity index (χ0v) is 24.9. The fraction of sp³-hybridized carbons (Fsp3) is 0.308. The van der Waals surface area contributed by atoms with Crippen molar-refractivity contribution in [1.29, 1.82) is 0 Å². The third-order valence-electron chi connectivity index (χ3n) is 6.58. The topological polar surface area (TPSA) is 58.2 Å². The molecule has 178 valence electrons. The Morgan fingerprint density at radius 3 is 1.38 bits per heavy atom. The van der Waals surface area contributed by atoms with Crippen molar-refractivity contribution in [2.75, 3.05) is 0 Å². The molecule has 0 radical (unpaired) electrons. The summed E-state index contributed by atoms with van der Waals surface area (Å²) in [5.74, 6) is 0. The SMILES string of the molecule is C[Si](C)(C)C(=O)[NH][Zr]([NH]C(=O)[Si](C)(C)C)([CH]1C=Cc2ccccc21)[CH]1C=Cc2ccccc21.[InH3]. The standard InChI is InChI=1S/2C9H7.2C4H11NOSi.In.Zr.3H/c2*1-2-5-9-7-3-6-8(9)4-1;2*1-7(2,3)4(5)6;;;;;/h2*1-7H;2*1-3H3,(H2,5,6);;;;;/q;;;;;+2;;;/p-2. The summed E-state index contributed by atoms with van der Waals surface area (Å²) in [5.41, 5.74) is 5.09. The molecule has 34 heavy (non-hydrogen) atoms. The minimum absolute atomic E-state index is 0. The van der Waals surface area contributed by atoms with Gasteiger partial charge in [0.1, 0.15) is 0 Å². The monoisotopic (exact) mass is 670 g/mol. The molecule has 2 atom stereocenters. The van der Waals surface area contributed by atoms with Crippen LogP contribution < -0.4 is 6.52 Å². The number of amides is 2. The van der Waals surface area contributed by atoms with Crippen molar-refractivity contribution >= 4 is 65.2 Å². The molecular weight excluding hydrogens is 635 g/mol. The van der Waals surface area contributed by atoms with Crippen molar-refractivity contribution in [1.82, 2.24) is 6.52 Å². The number of benzene rings is 2. The summed E-state index contributed by atoms with van der Waals surface area (Å²) in [6, 6.07) is 16.8. The molecule has 2 unspecified atom stereocenters. The Labute approximate surface area is 229 Å². The molecule has 2 amide bonds. The van der Waals surface area contributed by atoms with Gasteiger partial charge in [0.05, 0.1) is 0 Å². The molecule has 0 heterocycles. The minimum atomic E-state index is -4.15. The maximum atomic E-state index is 13.7. The van der Waals surface area contributed by atoms with Crippen molar-refractivity contribution < 1.29 is 30.4 Å². The summed E-state index contributed by atoms with van der Waals surface area (Å²) >= 11 is -4.15. The molecule has 0 saturated heterocycles. The molecule has 2 N–H and O–H groups in total. The van der Waals surface area contributed by atoms with Crippen LogP contribution in [0.25, 0.3) is 12.2 Å². The molecule has 0 saturated carbocycles. The van der Waals surface area contributed by atoms with E-state index in [0.29, 0.717) is 0 Å². The van der Waals surface area contributed by atoms with Gasteiger partial charge in [-0.3, -0.25) is 0 Å². The number of carbonyl (C=O) groups excluding carboxylic acids is 2. The average Bonchev–Trinajstić information content (AvgIpc) is 3.37. The molecule has 4 nitrogen and oxygen atoms in total. The Balaban J connectivity index is 0.00000324. The van der Waals surface area contributed by atoms with Gasteiger partial charge in [-0.15, -0.1) is 0 Å². The van der Waals surface area contributed by atoms with E-state index in [1.54, 1.807) is 0 Å². The number of rotatable bonds is 6. The first-order valence-corrected chi connectivity index (χ1v) is 23.9. The number of fused-ring (bicyclic) bond motifs is 2. The van der Waals surface area contributed by atoms with Gasteiger partial charge >= 0.3 is 232 Å². The van der Waals surface area contributed by atoms with Crippen LogP contribution in [0, 0.1) is 0 Å². The summed E-state index contributed by atoms with van der Waals surface area (Å²) in [7, 11) is -4.28. The molecule has 0 aromatic heterocycles. The quantitative estimate of drug-likeness (QED) is 0.394. The molecule has 0 aliphatic heterocycles. The van der Waals surface area contributed by atoms with Gasteiger partial charge in [0.2, 0.25) is 0 Å². The Morgan fingerprint density at radius 1 is 0.676 bits per heavy atom. The van der Waals surface area contributed by atoms with Gasteiger partial charge in [-0.05, 0) is 0 Å². The third-order valence-corrected chi connectivity index (χ3v) is 21.2. The Bertz CT molecular complexity index is 1080. The first-order chi connectivity index (χ1) is 15.4. The molecule has 2 aromatic rings. The van der Waals surface area contributed by atoms with E-state index in [2.05, 4.69) is 119 Å². The van der Waals surface area contributed by atoms with Crippen LogP contribution in [-0.2, 0) is 20.8 Å². The second-order valence-corrected chi connectivity index (χ2v) is 29.7. The van der Waals surface area contributed by atoms with E-state index in [1.165, 1.54) is 22.3 Å². The fourth-order valence-corrected chi connectivity index (χ4v) is 23.5. The summed E-state index contributed by atoms with van der Waals surface area (Å²) in [4.78, 5) is 27.3. The zero-order valence-electron chi connectivity index (χ0n) is 20.4. The number of hydrogen-bond acceptors (Lipinski definition) is 2. The molecule has 4 rings (SSSR count). The Morgan fingerprint density at radius 2 is 1.03 bits per heavy atom. The van der Waals surface area contributed by atoms with Crippen LogP contribution in [0.2, 0.25) is 39.3 Å². The molecule has 2 aromatic carbocycles. The van der Waals surface area contributed by atoms with Gasteiger partial charge in [0, 0.05) is 0 Å². The van der Waals surface area contributed by atoms with Crippen LogP contribution in [-0.4, -0.2) is 53.1 Å². The first-order valence-electron chi connectivity index (χ1n) is 11.6. The van der Waals surface area contributed by atoms with Crippen molar-refractivity contribution in [2.45, 2.75) is 46.5 Å². The van der Waals surface area contributed by atoms with Crippen molar-refractivity contribution in [2.24, 2.45) is 0 Å². The second kappa shape index (κ2) is 10.2. The van der Waals surface area contributed by atoms with Crippen LogP contribution in [0.3, 0.4) is 0 Å². The van der Waals surface area contributed by atoms with Gasteiger partial charge in [0.15, 0.2) is 0 Å². The number of carbonyl (C=O) groups is 2. The molecule has 0 fully saturated rings. The van der Waals surface area contributed by atoms with Crippen molar-refractivity contribution in [3.63, 3.8) is 0 Å². The van der Waals surface area contributed by atoms with Gasteiger partial charge in [-0.1, -0.05) is 0 Å². The van der Waals surface area contributed by atoms with Crippen LogP contribution in [0.1, 0.15) is 29.5 Å². The van der Waals surface area contributed by atoms with Crippen molar-refractivity contribution in [3.05, 3.63) is 82.9 Å². The third kappa shape index (κ3) is 5.25. The van der Waals surface area contributed by atoms with Crippen LogP contribution in [0.5, 0.6) is 0 Å². The Kier molecular flexibility index (Phi) is 8.28. The van der Waals surface area contributed by atoms with Gasteiger partial charge in [-0.2, -0.15) is 0 Å². The Hall–Kier alpha value is -0.953. The first kappa shape index (κ1) is 27.6. The van der Waals surface area contributed by atoms with Crippen LogP contribution in [0.4, 0.5) is 9.59 Å². The van der Waals surface area contributed by atoms with E-state index in [0.717, 1.165) is 0 Å². The van der Waals surface area contributed by atoms with E-state index in [4.69, 9.17) is 0 Å². The number of hydrogen-bond donors (Lipinski definition) is 2. The van der Waals surface area contributed by atoms with Crippen molar-refractivity contribution in [3.8, 4) is 0 Å². The number of allylic oxidation sites excluding steroid dienone is 2. The van der Waals surface area contributed by atoms with E-state index in [1.807, 2.05) is 0 Å². The van der Waals surface area contributed by atoms with E-state index >= 15 is 0 Å². The maximum absolute atomic E-state index is 13.7. The van der Waals surface area contributed by atoms with E-state index in [-0.39, 0.29) is 44.2 Å². The van der Waals surface area contributed by atoms with Gasteiger partial charge in [-0.25, -0.2) is 0 Å². The van der Waals surface area contributed by atoms with Crippen LogP contribution in [0.15, 0.2) is 60.7 Å². The predicted molar refractivity (Wildman–Crippen MR) is 150 cm³/mol. The molecule has 8 heteroatoms. The molecular formula is C26H37InN2O2Si2Zr. The molecule has 0 bridgehead atoms. The predicted octanol–water partition coefficient (Wildman–Crippen LogP) is 5.58. The molecule has 2 aliphatic carbocycles. The normalized spacial score (nSPS) is 18.6. The van der Waals surface area contributed by atoms with E-state index in [9.17, 15) is 9.59 Å². The van der Waals surface area contributed by atoms with E-state index < -0.39 is 37.0 Å². The van der Waals surface area contributed by atoms with Gasteiger partial charge < -0.3 is 0 Å². The molecule has 2 aliphatic rings. The summed E-state index contributed by atoms with van der Waals surface area (Å²) in [6.07, 6.45) is 8.81. The summed E-state index contributed by atoms with van der Waals surface area (Å²) in [6.45, 7) is 12.5. The summed E-state index contributed by atoms with van der Waals surface area (Å²) < 4.78 is 7.37. The second-order valence-electron chi connectivity index (χ2n) is 11.2. The molecule has 0 spiro atoms. The number of nitrogens with one attached hydrogen (secondary N) is 2. The zero-order chi connectivity index (χ0) is 24.0.